The quantitative estimate of drug-likeness (QED) is 0.564. The number of carbonyl (C=O) groups is 1. The Morgan fingerprint density at radius 3 is 2.86 bits per heavy atom. The van der Waals surface area contributed by atoms with E-state index in [1.54, 1.807) is 29.7 Å². The van der Waals surface area contributed by atoms with Gasteiger partial charge in [-0.1, -0.05) is 17.7 Å². The van der Waals surface area contributed by atoms with Crippen molar-refractivity contribution in [2.24, 2.45) is 0 Å². The number of fused-ring (bicyclic) bond motifs is 3. The number of rotatable bonds is 4. The molecule has 1 amide bonds. The van der Waals surface area contributed by atoms with E-state index in [1.165, 1.54) is 22.8 Å². The molecule has 0 aliphatic rings. The van der Waals surface area contributed by atoms with E-state index in [0.29, 0.717) is 22.6 Å². The maximum Gasteiger partial charge on any atom is 0.297 e. The Morgan fingerprint density at radius 2 is 2.07 bits per heavy atom. The van der Waals surface area contributed by atoms with E-state index in [0.717, 1.165) is 0 Å². The summed E-state index contributed by atoms with van der Waals surface area (Å²) in [6.07, 6.45) is 1.59. The number of nitrogens with zero attached hydrogens (tertiary/aromatic N) is 5. The van der Waals surface area contributed by atoms with Crippen molar-refractivity contribution in [3.05, 3.63) is 69.1 Å². The Morgan fingerprint density at radius 1 is 1.25 bits per heavy atom. The number of aryl methyl sites for hydroxylation is 1. The van der Waals surface area contributed by atoms with Gasteiger partial charge in [-0.2, -0.15) is 0 Å². The highest BCUT2D eigenvalue weighted by molar-refractivity contribution is 6.30. The fourth-order valence-electron chi connectivity index (χ4n) is 2.96. The second kappa shape index (κ2) is 7.01. The van der Waals surface area contributed by atoms with Crippen molar-refractivity contribution in [1.82, 2.24) is 29.5 Å². The van der Waals surface area contributed by atoms with Gasteiger partial charge in [0, 0.05) is 12.7 Å². The predicted octanol–water partition coefficient (Wildman–Crippen LogP) is 1.86. The lowest BCUT2D eigenvalue weighted by Gasteiger charge is -2.12. The van der Waals surface area contributed by atoms with Gasteiger partial charge in [-0.05, 0) is 36.8 Å². The third kappa shape index (κ3) is 3.09. The van der Waals surface area contributed by atoms with Crippen LogP contribution in [0.25, 0.3) is 16.8 Å². The largest absolute Gasteiger partial charge is 0.350 e. The molecule has 0 bridgehead atoms. The molecule has 28 heavy (non-hydrogen) atoms. The van der Waals surface area contributed by atoms with Crippen molar-refractivity contribution in [3.8, 4) is 0 Å². The molecule has 0 saturated heterocycles. The monoisotopic (exact) mass is 400 g/mol. The second-order valence-corrected chi connectivity index (χ2v) is 6.58. The van der Waals surface area contributed by atoms with Crippen molar-refractivity contribution >= 4 is 34.3 Å². The first kappa shape index (κ1) is 18.1. The first-order valence-corrected chi connectivity index (χ1v) is 8.73. The van der Waals surface area contributed by atoms with Crippen molar-refractivity contribution < 1.29 is 9.18 Å². The van der Waals surface area contributed by atoms with E-state index in [4.69, 9.17) is 11.6 Å². The Hall–Kier alpha value is -3.33. The molecule has 3 heterocycles. The van der Waals surface area contributed by atoms with Gasteiger partial charge < -0.3 is 5.32 Å². The summed E-state index contributed by atoms with van der Waals surface area (Å²) in [6, 6.07) is 7.58. The minimum Gasteiger partial charge on any atom is -0.350 e. The van der Waals surface area contributed by atoms with Crippen molar-refractivity contribution in [3.63, 3.8) is 0 Å². The van der Waals surface area contributed by atoms with E-state index >= 15 is 0 Å². The van der Waals surface area contributed by atoms with Gasteiger partial charge in [0.1, 0.15) is 18.2 Å². The van der Waals surface area contributed by atoms with Crippen molar-refractivity contribution in [1.29, 1.82) is 0 Å². The molecule has 0 aliphatic heterocycles. The van der Waals surface area contributed by atoms with E-state index in [9.17, 15) is 14.0 Å². The van der Waals surface area contributed by atoms with Crippen LogP contribution in [0.1, 0.15) is 11.4 Å². The lowest BCUT2D eigenvalue weighted by atomic mass is 10.2. The highest BCUT2D eigenvalue weighted by Crippen LogP contribution is 2.16. The predicted molar refractivity (Wildman–Crippen MR) is 101 cm³/mol. The van der Waals surface area contributed by atoms with E-state index in [1.807, 2.05) is 0 Å². The lowest BCUT2D eigenvalue weighted by Crippen LogP contribution is -2.33. The number of hydrogen-bond acceptors (Lipinski definition) is 5. The first-order valence-electron chi connectivity index (χ1n) is 8.35. The Labute approximate surface area is 162 Å². The summed E-state index contributed by atoms with van der Waals surface area (Å²) in [4.78, 5) is 29.6. The van der Waals surface area contributed by atoms with Gasteiger partial charge >= 0.3 is 0 Å². The summed E-state index contributed by atoms with van der Waals surface area (Å²) in [6.45, 7) is 1.65. The van der Waals surface area contributed by atoms with Crippen LogP contribution in [0, 0.1) is 12.7 Å². The fraction of sp³-hybridized carbons (Fsp3) is 0.167. The summed E-state index contributed by atoms with van der Waals surface area (Å²) in [5, 5.41) is 10.5. The summed E-state index contributed by atoms with van der Waals surface area (Å²) in [7, 11) is 0. The minimum absolute atomic E-state index is 0.0207. The van der Waals surface area contributed by atoms with Gasteiger partial charge in [-0.3, -0.25) is 18.6 Å². The van der Waals surface area contributed by atoms with Gasteiger partial charge in [-0.25, -0.2) is 9.37 Å². The summed E-state index contributed by atoms with van der Waals surface area (Å²) in [5.41, 5.74) is 1.27. The molecule has 10 heteroatoms. The number of benzene rings is 1. The van der Waals surface area contributed by atoms with Crippen molar-refractivity contribution in [2.75, 3.05) is 0 Å². The second-order valence-electron chi connectivity index (χ2n) is 6.17. The third-order valence-corrected chi connectivity index (χ3v) is 4.60. The number of aromatic nitrogens is 5. The molecule has 0 aliphatic carbocycles. The number of hydrogen-bond donors (Lipinski definition) is 1. The van der Waals surface area contributed by atoms with Gasteiger partial charge in [0.2, 0.25) is 11.6 Å². The molecule has 1 N–H and O–H groups in total. The molecular formula is C18H14ClFN6O2. The topological polar surface area (TPSA) is 94.2 Å². The normalized spacial score (nSPS) is 11.2. The van der Waals surface area contributed by atoms with Gasteiger partial charge in [0.25, 0.3) is 5.56 Å². The van der Waals surface area contributed by atoms with Crippen LogP contribution >= 0.6 is 11.6 Å². The summed E-state index contributed by atoms with van der Waals surface area (Å²) >= 11 is 5.75. The number of pyridine rings is 1. The van der Waals surface area contributed by atoms with Crippen LogP contribution in [-0.4, -0.2) is 30.1 Å². The maximum atomic E-state index is 13.2. The van der Waals surface area contributed by atoms with Crippen molar-refractivity contribution in [2.45, 2.75) is 20.0 Å². The van der Waals surface area contributed by atoms with Crippen LogP contribution in [0.2, 0.25) is 5.02 Å². The van der Waals surface area contributed by atoms with Crippen LogP contribution in [0.4, 0.5) is 4.39 Å². The molecule has 0 unspecified atom stereocenters. The van der Waals surface area contributed by atoms with Crippen LogP contribution in [-0.2, 0) is 17.9 Å². The maximum absolute atomic E-state index is 13.2. The molecule has 0 saturated carbocycles. The molecular weight excluding hydrogens is 387 g/mol. The number of amides is 1. The lowest BCUT2D eigenvalue weighted by molar-refractivity contribution is -0.121. The number of carbonyl (C=O) groups excluding carboxylic acids is 1. The molecule has 4 rings (SSSR count). The number of halogens is 2. The van der Waals surface area contributed by atoms with Gasteiger partial charge in [0.05, 0.1) is 10.5 Å². The molecule has 0 atom stereocenters. The molecule has 0 radical (unpaired) electrons. The van der Waals surface area contributed by atoms with Crippen LogP contribution < -0.4 is 10.9 Å². The summed E-state index contributed by atoms with van der Waals surface area (Å²) < 4.78 is 16.1. The van der Waals surface area contributed by atoms with E-state index in [-0.39, 0.29) is 23.8 Å². The molecule has 4 aromatic rings. The SMILES string of the molecule is Cc1nnc2c(=O)n(CC(=O)NCc3ccc(F)c(Cl)c3)c3cccnc3n12. The molecule has 0 spiro atoms. The molecule has 3 aromatic heterocycles. The standard InChI is InChI=1S/C18H14ClFN6O2/c1-10-23-24-17-18(28)25(14-3-2-6-21-16(14)26(10)17)9-15(27)22-8-11-4-5-13(20)12(19)7-11/h2-7H,8-9H2,1H3,(H,22,27). The Bertz CT molecular complexity index is 1280. The zero-order valence-corrected chi connectivity index (χ0v) is 15.4. The van der Waals surface area contributed by atoms with E-state index < -0.39 is 17.3 Å². The van der Waals surface area contributed by atoms with E-state index in [2.05, 4.69) is 20.5 Å². The summed E-state index contributed by atoms with van der Waals surface area (Å²) in [5.74, 6) is -0.395. The van der Waals surface area contributed by atoms with Crippen LogP contribution in [0.3, 0.4) is 0 Å². The highest BCUT2D eigenvalue weighted by atomic mass is 35.5. The average Bonchev–Trinajstić information content (AvgIpc) is 3.08. The molecule has 0 fully saturated rings. The van der Waals surface area contributed by atoms with Gasteiger partial charge in [0.15, 0.2) is 5.65 Å². The number of nitrogens with one attached hydrogen (secondary N) is 1. The highest BCUT2D eigenvalue weighted by Gasteiger charge is 2.17. The Kier molecular flexibility index (Phi) is 4.52. The van der Waals surface area contributed by atoms with Gasteiger partial charge in [-0.15, -0.1) is 10.2 Å². The Balaban J connectivity index is 1.65. The molecule has 142 valence electrons. The zero-order chi connectivity index (χ0) is 19.8. The zero-order valence-electron chi connectivity index (χ0n) is 14.7. The minimum atomic E-state index is -0.529. The third-order valence-electron chi connectivity index (χ3n) is 4.31. The average molecular weight is 401 g/mol. The first-order chi connectivity index (χ1) is 13.5. The molecule has 8 nitrogen and oxygen atoms in total. The smallest absolute Gasteiger partial charge is 0.297 e. The van der Waals surface area contributed by atoms with Crippen LogP contribution in [0.5, 0.6) is 0 Å². The van der Waals surface area contributed by atoms with Crippen LogP contribution in [0.15, 0.2) is 41.3 Å². The molecule has 1 aromatic carbocycles. The fourth-order valence-corrected chi connectivity index (χ4v) is 3.17.